The first kappa shape index (κ1) is 10.4. The lowest BCUT2D eigenvalue weighted by atomic mass is 10.0. The largest absolute Gasteiger partial charge is 0.449 e. The van der Waals surface area contributed by atoms with Crippen molar-refractivity contribution in [1.29, 1.82) is 0 Å². The van der Waals surface area contributed by atoms with Crippen LogP contribution in [-0.2, 0) is 4.74 Å². The highest BCUT2D eigenvalue weighted by Crippen LogP contribution is 2.17. The molecule has 1 aliphatic rings. The maximum Gasteiger partial charge on any atom is 0.409 e. The number of rotatable bonds is 4. The molecular formula is C10H19NO2. The molecule has 3 heteroatoms. The molecule has 0 N–H and O–H groups in total. The van der Waals surface area contributed by atoms with Gasteiger partial charge in [-0.1, -0.05) is 26.2 Å². The van der Waals surface area contributed by atoms with Crippen molar-refractivity contribution < 1.29 is 9.53 Å². The molecule has 0 saturated carbocycles. The van der Waals surface area contributed by atoms with Crippen LogP contribution in [-0.4, -0.2) is 30.7 Å². The lowest BCUT2D eigenvalue weighted by Crippen LogP contribution is -2.42. The summed E-state index contributed by atoms with van der Waals surface area (Å²) < 4.78 is 4.91. The number of cyclic esters (lactones) is 1. The number of carbonyl (C=O) groups is 1. The number of hydrogen-bond donors (Lipinski definition) is 0. The Labute approximate surface area is 80.1 Å². The van der Waals surface area contributed by atoms with Gasteiger partial charge in [0, 0.05) is 19.5 Å². The molecule has 0 aliphatic carbocycles. The van der Waals surface area contributed by atoms with Gasteiger partial charge >= 0.3 is 6.09 Å². The summed E-state index contributed by atoms with van der Waals surface area (Å²) in [7, 11) is 1.83. The van der Waals surface area contributed by atoms with Crippen LogP contribution < -0.4 is 0 Å². The van der Waals surface area contributed by atoms with Crippen LogP contribution in [0.15, 0.2) is 0 Å². The molecule has 0 aromatic carbocycles. The second-order valence-electron chi connectivity index (χ2n) is 3.66. The third-order valence-corrected chi connectivity index (χ3v) is 2.65. The monoisotopic (exact) mass is 185 g/mol. The van der Waals surface area contributed by atoms with Crippen molar-refractivity contribution >= 4 is 6.09 Å². The van der Waals surface area contributed by atoms with Gasteiger partial charge in [-0.25, -0.2) is 4.79 Å². The minimum Gasteiger partial charge on any atom is -0.449 e. The molecule has 1 aliphatic heterocycles. The van der Waals surface area contributed by atoms with Gasteiger partial charge in [-0.15, -0.1) is 0 Å². The van der Waals surface area contributed by atoms with Gasteiger partial charge in [0.2, 0.25) is 0 Å². The van der Waals surface area contributed by atoms with Gasteiger partial charge in [-0.3, -0.25) is 0 Å². The Morgan fingerprint density at radius 3 is 3.00 bits per heavy atom. The zero-order valence-corrected chi connectivity index (χ0v) is 8.58. The van der Waals surface area contributed by atoms with Gasteiger partial charge in [0.25, 0.3) is 0 Å². The molecule has 0 bridgehead atoms. The SMILES string of the molecule is CCCCCC1CCOC(=O)N1C. The van der Waals surface area contributed by atoms with Gasteiger partial charge < -0.3 is 9.64 Å². The second-order valence-corrected chi connectivity index (χ2v) is 3.66. The molecule has 1 saturated heterocycles. The fraction of sp³-hybridized carbons (Fsp3) is 0.900. The fourth-order valence-corrected chi connectivity index (χ4v) is 1.69. The third kappa shape index (κ3) is 2.90. The minimum absolute atomic E-state index is 0.159. The van der Waals surface area contributed by atoms with Crippen LogP contribution in [0.3, 0.4) is 0 Å². The normalized spacial score (nSPS) is 23.1. The van der Waals surface area contributed by atoms with Crippen LogP contribution in [0, 0.1) is 0 Å². The summed E-state index contributed by atoms with van der Waals surface area (Å²) in [6.45, 7) is 2.79. The topological polar surface area (TPSA) is 29.5 Å². The summed E-state index contributed by atoms with van der Waals surface area (Å²) in [6.07, 6.45) is 5.68. The number of amides is 1. The van der Waals surface area contributed by atoms with E-state index in [9.17, 15) is 4.79 Å². The molecule has 1 rings (SSSR count). The highest BCUT2D eigenvalue weighted by molar-refractivity contribution is 5.68. The summed E-state index contributed by atoms with van der Waals surface area (Å²) >= 11 is 0. The molecule has 0 aromatic heterocycles. The lowest BCUT2D eigenvalue weighted by Gasteiger charge is -2.31. The molecule has 1 heterocycles. The summed E-state index contributed by atoms with van der Waals surface area (Å²) in [4.78, 5) is 12.9. The Hall–Kier alpha value is -0.730. The van der Waals surface area contributed by atoms with E-state index < -0.39 is 0 Å². The third-order valence-electron chi connectivity index (χ3n) is 2.65. The van der Waals surface area contributed by atoms with E-state index in [1.807, 2.05) is 7.05 Å². The Morgan fingerprint density at radius 1 is 1.54 bits per heavy atom. The van der Waals surface area contributed by atoms with Crippen LogP contribution in [0.2, 0.25) is 0 Å². The van der Waals surface area contributed by atoms with E-state index in [1.54, 1.807) is 4.90 Å². The van der Waals surface area contributed by atoms with Crippen molar-refractivity contribution in [2.24, 2.45) is 0 Å². The quantitative estimate of drug-likeness (QED) is 0.629. The molecular weight excluding hydrogens is 166 g/mol. The maximum absolute atomic E-state index is 11.1. The Kier molecular flexibility index (Phi) is 4.06. The second kappa shape index (κ2) is 5.10. The Bertz CT molecular complexity index is 170. The van der Waals surface area contributed by atoms with Crippen molar-refractivity contribution in [2.75, 3.05) is 13.7 Å². The van der Waals surface area contributed by atoms with Crippen molar-refractivity contribution in [2.45, 2.75) is 45.1 Å². The average Bonchev–Trinajstić information content (AvgIpc) is 2.13. The predicted octanol–water partition coefficient (Wildman–Crippen LogP) is 2.41. The lowest BCUT2D eigenvalue weighted by molar-refractivity contribution is 0.0532. The van der Waals surface area contributed by atoms with Crippen LogP contribution in [0.4, 0.5) is 4.79 Å². The number of carbonyl (C=O) groups excluding carboxylic acids is 1. The summed E-state index contributed by atoms with van der Waals surface area (Å²) in [5.74, 6) is 0. The van der Waals surface area contributed by atoms with E-state index in [-0.39, 0.29) is 6.09 Å². The molecule has 3 nitrogen and oxygen atoms in total. The molecule has 1 amide bonds. The van der Waals surface area contributed by atoms with Crippen molar-refractivity contribution in [3.8, 4) is 0 Å². The molecule has 0 spiro atoms. The predicted molar refractivity (Wildman–Crippen MR) is 51.7 cm³/mol. The zero-order valence-electron chi connectivity index (χ0n) is 8.58. The number of hydrogen-bond acceptors (Lipinski definition) is 2. The van der Waals surface area contributed by atoms with Gasteiger partial charge in [0.15, 0.2) is 0 Å². The number of unbranched alkanes of at least 4 members (excludes halogenated alkanes) is 2. The van der Waals surface area contributed by atoms with E-state index in [0.29, 0.717) is 12.6 Å². The van der Waals surface area contributed by atoms with E-state index in [4.69, 9.17) is 4.74 Å². The summed E-state index contributed by atoms with van der Waals surface area (Å²) in [5.41, 5.74) is 0. The Balaban J connectivity index is 2.27. The van der Waals surface area contributed by atoms with Crippen molar-refractivity contribution in [1.82, 2.24) is 4.90 Å². The first-order valence-electron chi connectivity index (χ1n) is 5.15. The molecule has 1 unspecified atom stereocenters. The van der Waals surface area contributed by atoms with Gasteiger partial charge in [0.1, 0.15) is 0 Å². The molecule has 76 valence electrons. The number of ether oxygens (including phenoxy) is 1. The standard InChI is InChI=1S/C10H19NO2/c1-3-4-5-6-9-7-8-13-10(12)11(9)2/h9H,3-8H2,1-2H3. The van der Waals surface area contributed by atoms with E-state index in [2.05, 4.69) is 6.92 Å². The van der Waals surface area contributed by atoms with Crippen molar-refractivity contribution in [3.63, 3.8) is 0 Å². The molecule has 0 aromatic rings. The highest BCUT2D eigenvalue weighted by atomic mass is 16.6. The summed E-state index contributed by atoms with van der Waals surface area (Å²) in [5, 5.41) is 0. The number of nitrogens with zero attached hydrogens (tertiary/aromatic N) is 1. The maximum atomic E-state index is 11.1. The molecule has 0 radical (unpaired) electrons. The van der Waals surface area contributed by atoms with Crippen molar-refractivity contribution in [3.05, 3.63) is 0 Å². The smallest absolute Gasteiger partial charge is 0.409 e. The van der Waals surface area contributed by atoms with Gasteiger partial charge in [0.05, 0.1) is 6.61 Å². The van der Waals surface area contributed by atoms with Crippen LogP contribution in [0.5, 0.6) is 0 Å². The molecule has 13 heavy (non-hydrogen) atoms. The van der Waals surface area contributed by atoms with Crippen LogP contribution in [0.25, 0.3) is 0 Å². The van der Waals surface area contributed by atoms with Crippen LogP contribution >= 0.6 is 0 Å². The zero-order chi connectivity index (χ0) is 9.68. The average molecular weight is 185 g/mol. The summed E-state index contributed by atoms with van der Waals surface area (Å²) in [6, 6.07) is 0.410. The molecule has 1 atom stereocenters. The van der Waals surface area contributed by atoms with E-state index in [0.717, 1.165) is 12.8 Å². The first-order valence-corrected chi connectivity index (χ1v) is 5.15. The van der Waals surface area contributed by atoms with E-state index >= 15 is 0 Å². The first-order chi connectivity index (χ1) is 6.25. The minimum atomic E-state index is -0.159. The van der Waals surface area contributed by atoms with Crippen LogP contribution in [0.1, 0.15) is 39.0 Å². The molecule has 1 fully saturated rings. The van der Waals surface area contributed by atoms with E-state index in [1.165, 1.54) is 19.3 Å². The van der Waals surface area contributed by atoms with Gasteiger partial charge in [-0.2, -0.15) is 0 Å². The highest BCUT2D eigenvalue weighted by Gasteiger charge is 2.25. The fourth-order valence-electron chi connectivity index (χ4n) is 1.69. The Morgan fingerprint density at radius 2 is 2.31 bits per heavy atom. The van der Waals surface area contributed by atoms with Gasteiger partial charge in [-0.05, 0) is 6.42 Å².